The molecule has 2 aromatic carbocycles. The molecule has 5 heteroatoms. The van der Waals surface area contributed by atoms with Gasteiger partial charge in [0.05, 0.1) is 16.8 Å². The highest BCUT2D eigenvalue weighted by Gasteiger charge is 2.36. The fourth-order valence-corrected chi connectivity index (χ4v) is 6.01. The van der Waals surface area contributed by atoms with Crippen LogP contribution in [0.5, 0.6) is 0 Å². The number of likely N-dealkylation sites (tertiary alicyclic amines) is 1. The number of hydrogen-bond acceptors (Lipinski definition) is 3. The molecule has 4 nitrogen and oxygen atoms in total. The van der Waals surface area contributed by atoms with Crippen LogP contribution < -0.4 is 9.80 Å². The van der Waals surface area contributed by atoms with E-state index in [1.165, 1.54) is 33.0 Å². The number of nitrogens with zero attached hydrogens (tertiary/aromatic N) is 2. The van der Waals surface area contributed by atoms with Crippen LogP contribution in [-0.2, 0) is 11.2 Å². The molecule has 28 heavy (non-hydrogen) atoms. The number of piperidine rings is 1. The van der Waals surface area contributed by atoms with Crippen molar-refractivity contribution in [3.05, 3.63) is 59.1 Å². The van der Waals surface area contributed by atoms with Gasteiger partial charge in [0.2, 0.25) is 0 Å². The number of amides is 1. The Morgan fingerprint density at radius 2 is 2.00 bits per heavy atom. The zero-order valence-corrected chi connectivity index (χ0v) is 17.0. The predicted octanol–water partition coefficient (Wildman–Crippen LogP) is 3.38. The number of benzene rings is 2. The second kappa shape index (κ2) is 7.30. The molecule has 0 saturated carbocycles. The van der Waals surface area contributed by atoms with Crippen molar-refractivity contribution in [2.24, 2.45) is 0 Å². The summed E-state index contributed by atoms with van der Waals surface area (Å²) in [6.07, 6.45) is 4.49. The Morgan fingerprint density at radius 1 is 1.18 bits per heavy atom. The third kappa shape index (κ3) is 3.12. The minimum atomic E-state index is 0.245. The van der Waals surface area contributed by atoms with Crippen LogP contribution in [0.15, 0.2) is 48.5 Å². The number of carbonyl (C=O) groups is 1. The van der Waals surface area contributed by atoms with Gasteiger partial charge >= 0.3 is 0 Å². The molecule has 0 aliphatic carbocycles. The van der Waals surface area contributed by atoms with E-state index < -0.39 is 0 Å². The van der Waals surface area contributed by atoms with E-state index in [-0.39, 0.29) is 11.9 Å². The summed E-state index contributed by atoms with van der Waals surface area (Å²) in [7, 11) is 0. The van der Waals surface area contributed by atoms with Crippen molar-refractivity contribution in [3.8, 4) is 0 Å². The maximum atomic E-state index is 13.3. The molecule has 1 amide bonds. The maximum absolute atomic E-state index is 13.3. The summed E-state index contributed by atoms with van der Waals surface area (Å²) in [6, 6.07) is 17.3. The fraction of sp³-hybridized carbons (Fsp3) is 0.391. The summed E-state index contributed by atoms with van der Waals surface area (Å²) in [4.78, 5) is 21.7. The van der Waals surface area contributed by atoms with Crippen molar-refractivity contribution in [1.82, 2.24) is 4.98 Å². The van der Waals surface area contributed by atoms with Crippen LogP contribution in [0.2, 0.25) is 0 Å². The van der Waals surface area contributed by atoms with Gasteiger partial charge in [-0.2, -0.15) is 0 Å². The number of nitrogens with one attached hydrogen (secondary N) is 1. The lowest BCUT2D eigenvalue weighted by Crippen LogP contribution is -3.14. The molecule has 3 atom stereocenters. The second-order valence-electron chi connectivity index (χ2n) is 8.10. The molecule has 1 aromatic heterocycles. The van der Waals surface area contributed by atoms with Crippen LogP contribution in [0.3, 0.4) is 0 Å². The Hall–Kier alpha value is -2.24. The van der Waals surface area contributed by atoms with E-state index in [4.69, 9.17) is 4.98 Å². The van der Waals surface area contributed by atoms with E-state index in [0.29, 0.717) is 12.6 Å². The van der Waals surface area contributed by atoms with Gasteiger partial charge in [-0.1, -0.05) is 30.3 Å². The quantitative estimate of drug-likeness (QED) is 0.742. The molecule has 5 rings (SSSR count). The van der Waals surface area contributed by atoms with E-state index in [1.54, 1.807) is 11.3 Å². The van der Waals surface area contributed by atoms with Gasteiger partial charge in [0.15, 0.2) is 11.6 Å². The Morgan fingerprint density at radius 3 is 2.89 bits per heavy atom. The molecule has 1 unspecified atom stereocenters. The summed E-state index contributed by atoms with van der Waals surface area (Å²) >= 11 is 1.80. The van der Waals surface area contributed by atoms with Crippen LogP contribution in [0.4, 0.5) is 5.69 Å². The lowest BCUT2D eigenvalue weighted by molar-refractivity contribution is -0.929. The van der Waals surface area contributed by atoms with Gasteiger partial charge in [-0.25, -0.2) is 4.98 Å². The lowest BCUT2D eigenvalue weighted by Gasteiger charge is -2.33. The molecule has 0 spiro atoms. The molecule has 3 aromatic rings. The molecule has 144 valence electrons. The normalized spacial score (nSPS) is 24.5. The largest absolute Gasteiger partial charge is 0.319 e. The monoisotopic (exact) mass is 392 g/mol. The van der Waals surface area contributed by atoms with Gasteiger partial charge < -0.3 is 9.80 Å². The number of rotatable bonds is 3. The smallest absolute Gasteiger partial charge is 0.282 e. The third-order valence-electron chi connectivity index (χ3n) is 6.20. The van der Waals surface area contributed by atoms with Crippen LogP contribution >= 0.6 is 11.3 Å². The first-order valence-corrected chi connectivity index (χ1v) is 11.1. The molecule has 2 aliphatic heterocycles. The number of aromatic nitrogens is 1. The highest BCUT2D eigenvalue weighted by molar-refractivity contribution is 7.18. The maximum Gasteiger partial charge on any atom is 0.282 e. The van der Waals surface area contributed by atoms with Crippen molar-refractivity contribution < 1.29 is 9.69 Å². The first-order chi connectivity index (χ1) is 13.7. The lowest BCUT2D eigenvalue weighted by atomic mass is 10.0. The second-order valence-corrected chi connectivity index (χ2v) is 9.16. The minimum Gasteiger partial charge on any atom is -0.319 e. The summed E-state index contributed by atoms with van der Waals surface area (Å²) in [5.74, 6) is 0.250. The van der Waals surface area contributed by atoms with Crippen molar-refractivity contribution >= 4 is 33.1 Å². The molecular formula is C23H26N3OS+. The first-order valence-electron chi connectivity index (χ1n) is 10.3. The average Bonchev–Trinajstić information content (AvgIpc) is 3.28. The highest BCUT2D eigenvalue weighted by atomic mass is 32.1. The topological polar surface area (TPSA) is 37.6 Å². The minimum absolute atomic E-state index is 0.245. The summed E-state index contributed by atoms with van der Waals surface area (Å²) in [5, 5.41) is 1.19. The van der Waals surface area contributed by atoms with Crippen molar-refractivity contribution in [2.45, 2.75) is 44.7 Å². The molecule has 2 aliphatic rings. The Labute approximate surface area is 169 Å². The van der Waals surface area contributed by atoms with E-state index >= 15 is 0 Å². The Bertz CT molecular complexity index is 981. The number of para-hydroxylation sites is 2. The number of hydrogen-bond donors (Lipinski definition) is 1. The van der Waals surface area contributed by atoms with E-state index in [1.807, 2.05) is 17.0 Å². The average molecular weight is 393 g/mol. The molecule has 3 heterocycles. The Kier molecular flexibility index (Phi) is 4.65. The van der Waals surface area contributed by atoms with Crippen molar-refractivity contribution in [2.75, 3.05) is 18.0 Å². The molecule has 1 saturated heterocycles. The van der Waals surface area contributed by atoms with Crippen LogP contribution in [0.1, 0.15) is 42.8 Å². The van der Waals surface area contributed by atoms with E-state index in [0.717, 1.165) is 30.6 Å². The van der Waals surface area contributed by atoms with E-state index in [9.17, 15) is 4.79 Å². The van der Waals surface area contributed by atoms with Gasteiger partial charge in [-0.05, 0) is 49.9 Å². The number of anilines is 1. The summed E-state index contributed by atoms with van der Waals surface area (Å²) in [6.45, 7) is 3.77. The van der Waals surface area contributed by atoms with Gasteiger partial charge in [0.25, 0.3) is 5.91 Å². The standard InChI is InChI=1S/C23H25N3OS/c1-16-14-17-8-2-4-10-19(17)26(16)22(27)15-25-13-7-6-11-20(25)23-24-18-9-3-5-12-21(18)28-23/h2-5,8-10,12,16,20H,6-7,11,13-15H2,1H3/p+1/t16-,20-/m1/s1. The number of thiazole rings is 1. The SMILES string of the molecule is C[C@@H]1Cc2ccccc2N1C(=O)C[NH+]1CCCC[C@@H]1c1nc2ccccc2s1. The third-order valence-corrected chi connectivity index (χ3v) is 7.35. The summed E-state index contributed by atoms with van der Waals surface area (Å²) < 4.78 is 1.25. The van der Waals surface area contributed by atoms with E-state index in [2.05, 4.69) is 43.3 Å². The summed E-state index contributed by atoms with van der Waals surface area (Å²) in [5.41, 5.74) is 3.48. The fourth-order valence-electron chi connectivity index (χ4n) is 4.85. The number of fused-ring (bicyclic) bond motifs is 2. The zero-order chi connectivity index (χ0) is 19.1. The number of carbonyl (C=O) groups excluding carboxylic acids is 1. The van der Waals surface area contributed by atoms with Gasteiger partial charge in [-0.3, -0.25) is 4.79 Å². The van der Waals surface area contributed by atoms with Gasteiger partial charge in [-0.15, -0.1) is 11.3 Å². The van der Waals surface area contributed by atoms with Crippen LogP contribution in [0.25, 0.3) is 10.2 Å². The predicted molar refractivity (Wildman–Crippen MR) is 114 cm³/mol. The Balaban J connectivity index is 1.39. The molecule has 1 fully saturated rings. The number of quaternary nitrogens is 1. The first kappa shape index (κ1) is 17.8. The van der Waals surface area contributed by atoms with Crippen LogP contribution in [-0.4, -0.2) is 30.0 Å². The molecule has 0 bridgehead atoms. The van der Waals surface area contributed by atoms with Gasteiger partial charge in [0.1, 0.15) is 6.04 Å². The highest BCUT2D eigenvalue weighted by Crippen LogP contribution is 2.32. The van der Waals surface area contributed by atoms with Gasteiger partial charge in [0, 0.05) is 18.2 Å². The van der Waals surface area contributed by atoms with Crippen LogP contribution in [0, 0.1) is 0 Å². The molecule has 0 radical (unpaired) electrons. The molecular weight excluding hydrogens is 366 g/mol. The zero-order valence-electron chi connectivity index (χ0n) is 16.2. The van der Waals surface area contributed by atoms with Crippen molar-refractivity contribution in [1.29, 1.82) is 0 Å². The van der Waals surface area contributed by atoms with Crippen molar-refractivity contribution in [3.63, 3.8) is 0 Å². The molecule has 1 N–H and O–H groups in total.